The van der Waals surface area contributed by atoms with Crippen LogP contribution in [0.3, 0.4) is 0 Å². The summed E-state index contributed by atoms with van der Waals surface area (Å²) in [5.41, 5.74) is 2.07. The summed E-state index contributed by atoms with van der Waals surface area (Å²) < 4.78 is 0. The number of hydrogen-bond donors (Lipinski definition) is 2. The van der Waals surface area contributed by atoms with Gasteiger partial charge in [0, 0.05) is 35.3 Å². The van der Waals surface area contributed by atoms with E-state index in [-0.39, 0.29) is 36.6 Å². The number of benzene rings is 1. The average Bonchev–Trinajstić information content (AvgIpc) is 2.63. The third-order valence-electron chi connectivity index (χ3n) is 3.92. The molecule has 0 bridgehead atoms. The van der Waals surface area contributed by atoms with Crippen molar-refractivity contribution in [2.45, 2.75) is 23.5 Å². The molecule has 1 unspecified atom stereocenters. The Kier molecular flexibility index (Phi) is 9.90. The number of thioether (sulfide) groups is 1. The van der Waals surface area contributed by atoms with Gasteiger partial charge in [-0.15, -0.1) is 36.6 Å². The lowest BCUT2D eigenvalue weighted by Gasteiger charge is -2.21. The maximum absolute atomic E-state index is 12.2. The van der Waals surface area contributed by atoms with Gasteiger partial charge in [0.25, 0.3) is 0 Å². The molecule has 1 aromatic heterocycles. The first-order valence-corrected chi connectivity index (χ1v) is 8.93. The summed E-state index contributed by atoms with van der Waals surface area (Å²) in [7, 11) is 0. The highest BCUT2D eigenvalue weighted by Crippen LogP contribution is 2.24. The number of hydrogen-bond acceptors (Lipinski definition) is 4. The van der Waals surface area contributed by atoms with Gasteiger partial charge < -0.3 is 10.6 Å². The van der Waals surface area contributed by atoms with E-state index in [9.17, 15) is 4.79 Å². The topological polar surface area (TPSA) is 54.0 Å². The summed E-state index contributed by atoms with van der Waals surface area (Å²) in [5.74, 6) is 1.10. The number of carbonyl (C=O) groups is 1. The van der Waals surface area contributed by atoms with E-state index < -0.39 is 0 Å². The first-order valence-electron chi connectivity index (χ1n) is 7.94. The smallest absolute Gasteiger partial charge is 0.228 e. The number of anilines is 1. The van der Waals surface area contributed by atoms with Crippen LogP contribution in [-0.2, 0) is 10.5 Å². The number of aromatic nitrogens is 1. The normalized spacial score (nSPS) is 16.2. The third kappa shape index (κ3) is 6.86. The van der Waals surface area contributed by atoms with E-state index in [4.69, 9.17) is 0 Å². The first kappa shape index (κ1) is 21.8. The lowest BCUT2D eigenvalue weighted by atomic mass is 9.99. The minimum Gasteiger partial charge on any atom is -0.326 e. The summed E-state index contributed by atoms with van der Waals surface area (Å²) in [6.45, 7) is 1.80. The van der Waals surface area contributed by atoms with Crippen LogP contribution in [0, 0.1) is 5.92 Å². The van der Waals surface area contributed by atoms with Crippen molar-refractivity contribution in [2.75, 3.05) is 18.4 Å². The van der Waals surface area contributed by atoms with E-state index in [1.807, 2.05) is 24.4 Å². The van der Waals surface area contributed by atoms with Gasteiger partial charge in [0.05, 0.1) is 5.92 Å². The van der Waals surface area contributed by atoms with Gasteiger partial charge in [0.15, 0.2) is 0 Å². The van der Waals surface area contributed by atoms with Crippen LogP contribution in [0.2, 0.25) is 0 Å². The Morgan fingerprint density at radius 3 is 2.68 bits per heavy atom. The van der Waals surface area contributed by atoms with Gasteiger partial charge in [-0.3, -0.25) is 9.78 Å². The molecule has 1 atom stereocenters. The Balaban J connectivity index is 0.00000156. The molecule has 2 N–H and O–H groups in total. The Morgan fingerprint density at radius 2 is 2.04 bits per heavy atom. The number of rotatable bonds is 5. The Hall–Kier alpha value is -1.27. The summed E-state index contributed by atoms with van der Waals surface area (Å²) >= 11 is 1.77. The van der Waals surface area contributed by atoms with Crippen LogP contribution in [-0.4, -0.2) is 24.0 Å². The Morgan fingerprint density at radius 1 is 1.24 bits per heavy atom. The Labute approximate surface area is 165 Å². The van der Waals surface area contributed by atoms with Crippen molar-refractivity contribution >= 4 is 48.2 Å². The fourth-order valence-corrected chi connectivity index (χ4v) is 3.44. The highest BCUT2D eigenvalue weighted by Gasteiger charge is 2.20. The van der Waals surface area contributed by atoms with Crippen LogP contribution in [0.25, 0.3) is 0 Å². The predicted octanol–water partition coefficient (Wildman–Crippen LogP) is 4.16. The standard InChI is InChI=1S/C18H21N3OS.2ClH/c22-18(15-4-2-10-20-12-15)21-16-5-7-17(8-6-16)23-13-14-3-1-9-19-11-14;;/h1,3,5-9,11,15,20H,2,4,10,12-13H2,(H,21,22);2*1H. The summed E-state index contributed by atoms with van der Waals surface area (Å²) in [6, 6.07) is 12.1. The average molecular weight is 400 g/mol. The molecule has 1 fully saturated rings. The molecular formula is C18H23Cl2N3OS. The summed E-state index contributed by atoms with van der Waals surface area (Å²) in [6.07, 6.45) is 5.72. The minimum atomic E-state index is 0. The van der Waals surface area contributed by atoms with E-state index in [2.05, 4.69) is 33.8 Å². The van der Waals surface area contributed by atoms with E-state index in [0.29, 0.717) is 0 Å². The van der Waals surface area contributed by atoms with Crippen LogP contribution in [0.1, 0.15) is 18.4 Å². The second-order valence-corrected chi connectivity index (χ2v) is 6.76. The van der Waals surface area contributed by atoms with Crippen LogP contribution in [0.4, 0.5) is 5.69 Å². The fourth-order valence-electron chi connectivity index (χ4n) is 2.60. The van der Waals surface area contributed by atoms with Crippen molar-refractivity contribution in [3.05, 3.63) is 54.4 Å². The predicted molar refractivity (Wildman–Crippen MR) is 109 cm³/mol. The molecular weight excluding hydrogens is 377 g/mol. The number of pyridine rings is 1. The number of carbonyl (C=O) groups excluding carboxylic acids is 1. The van der Waals surface area contributed by atoms with Gasteiger partial charge in [-0.1, -0.05) is 6.07 Å². The van der Waals surface area contributed by atoms with Gasteiger partial charge in [-0.25, -0.2) is 0 Å². The van der Waals surface area contributed by atoms with E-state index >= 15 is 0 Å². The monoisotopic (exact) mass is 399 g/mol. The van der Waals surface area contributed by atoms with E-state index in [0.717, 1.165) is 37.4 Å². The van der Waals surface area contributed by atoms with Crippen molar-refractivity contribution in [1.29, 1.82) is 0 Å². The highest BCUT2D eigenvalue weighted by atomic mass is 35.5. The van der Waals surface area contributed by atoms with Crippen LogP contribution < -0.4 is 10.6 Å². The molecule has 4 nitrogen and oxygen atoms in total. The van der Waals surface area contributed by atoms with Crippen molar-refractivity contribution in [3.8, 4) is 0 Å². The Bertz CT molecular complexity index is 635. The molecule has 136 valence electrons. The molecule has 7 heteroatoms. The van der Waals surface area contributed by atoms with Gasteiger partial charge in [0.1, 0.15) is 0 Å². The fraction of sp³-hybridized carbons (Fsp3) is 0.333. The highest BCUT2D eigenvalue weighted by molar-refractivity contribution is 7.98. The zero-order chi connectivity index (χ0) is 15.9. The maximum Gasteiger partial charge on any atom is 0.228 e. The van der Waals surface area contributed by atoms with E-state index in [1.165, 1.54) is 10.5 Å². The molecule has 2 heterocycles. The molecule has 25 heavy (non-hydrogen) atoms. The molecule has 0 aliphatic carbocycles. The quantitative estimate of drug-likeness (QED) is 0.741. The maximum atomic E-state index is 12.2. The van der Waals surface area contributed by atoms with Gasteiger partial charge in [-0.2, -0.15) is 0 Å². The molecule has 2 aromatic rings. The lowest BCUT2D eigenvalue weighted by Crippen LogP contribution is -2.37. The molecule has 1 aromatic carbocycles. The number of piperidine rings is 1. The van der Waals surface area contributed by atoms with Crippen molar-refractivity contribution in [1.82, 2.24) is 10.3 Å². The van der Waals surface area contributed by atoms with Crippen molar-refractivity contribution < 1.29 is 4.79 Å². The first-order chi connectivity index (χ1) is 11.3. The second-order valence-electron chi connectivity index (χ2n) is 5.71. The van der Waals surface area contributed by atoms with Crippen molar-refractivity contribution in [3.63, 3.8) is 0 Å². The van der Waals surface area contributed by atoms with Crippen molar-refractivity contribution in [2.24, 2.45) is 5.92 Å². The van der Waals surface area contributed by atoms with E-state index in [1.54, 1.807) is 18.0 Å². The van der Waals surface area contributed by atoms with Gasteiger partial charge in [0.2, 0.25) is 5.91 Å². The van der Waals surface area contributed by atoms with Gasteiger partial charge in [-0.05, 0) is 55.3 Å². The SMILES string of the molecule is Cl.Cl.O=C(Nc1ccc(SCc2cccnc2)cc1)C1CCCNC1. The lowest BCUT2D eigenvalue weighted by molar-refractivity contribution is -0.120. The summed E-state index contributed by atoms with van der Waals surface area (Å²) in [4.78, 5) is 17.5. The second kappa shape index (κ2) is 11.4. The molecule has 1 saturated heterocycles. The van der Waals surface area contributed by atoms with Gasteiger partial charge >= 0.3 is 0 Å². The molecule has 0 radical (unpaired) electrons. The molecule has 0 saturated carbocycles. The van der Waals surface area contributed by atoms with Crippen LogP contribution in [0.15, 0.2) is 53.7 Å². The largest absolute Gasteiger partial charge is 0.326 e. The molecule has 0 spiro atoms. The third-order valence-corrected chi connectivity index (χ3v) is 5.00. The zero-order valence-corrected chi connectivity index (χ0v) is 16.3. The molecule has 1 aliphatic rings. The molecule has 1 aliphatic heterocycles. The number of amides is 1. The van der Waals surface area contributed by atoms with Crippen LogP contribution >= 0.6 is 36.6 Å². The molecule has 3 rings (SSSR count). The summed E-state index contributed by atoms with van der Waals surface area (Å²) in [5, 5.41) is 6.29. The number of nitrogens with one attached hydrogen (secondary N) is 2. The zero-order valence-electron chi connectivity index (χ0n) is 13.8. The van der Waals surface area contributed by atoms with Crippen LogP contribution in [0.5, 0.6) is 0 Å². The minimum absolute atomic E-state index is 0. The number of halogens is 2. The number of nitrogens with zero attached hydrogens (tertiary/aromatic N) is 1. The molecule has 1 amide bonds.